The number of nitrogens with two attached hydrogens (primary N) is 1. The second-order valence-electron chi connectivity index (χ2n) is 4.41. The van der Waals surface area contributed by atoms with Crippen molar-refractivity contribution >= 4 is 27.2 Å². The Morgan fingerprint density at radius 2 is 2.11 bits per heavy atom. The van der Waals surface area contributed by atoms with Crippen LogP contribution in [0.1, 0.15) is 38.7 Å². The molecular weight excluding hydrogens is 280 g/mol. The van der Waals surface area contributed by atoms with Gasteiger partial charge in [0.2, 0.25) is 10.0 Å². The molecule has 0 aliphatic rings. The third-order valence-electron chi connectivity index (χ3n) is 2.88. The Labute approximate surface area is 120 Å². The summed E-state index contributed by atoms with van der Waals surface area (Å²) in [6, 6.07) is 6.35. The van der Waals surface area contributed by atoms with Crippen molar-refractivity contribution in [1.29, 1.82) is 0 Å². The zero-order valence-electron chi connectivity index (χ0n) is 11.2. The first-order chi connectivity index (χ1) is 8.90. The molecule has 0 aliphatic carbocycles. The van der Waals surface area contributed by atoms with Crippen LogP contribution >= 0.6 is 12.2 Å². The van der Waals surface area contributed by atoms with Gasteiger partial charge in [0.15, 0.2) is 0 Å². The molecule has 1 aromatic rings. The maximum absolute atomic E-state index is 12.3. The largest absolute Gasteiger partial charge is 0.389 e. The first-order valence-electron chi connectivity index (χ1n) is 6.33. The lowest BCUT2D eigenvalue weighted by Crippen LogP contribution is -2.34. The topological polar surface area (TPSA) is 72.2 Å². The third kappa shape index (κ3) is 4.56. The maximum Gasteiger partial charge on any atom is 0.240 e. The van der Waals surface area contributed by atoms with E-state index < -0.39 is 10.0 Å². The lowest BCUT2D eigenvalue weighted by atomic mass is 10.1. The lowest BCUT2D eigenvalue weighted by molar-refractivity contribution is 0.512. The Bertz CT molecular complexity index is 541. The van der Waals surface area contributed by atoms with Crippen LogP contribution in [0.2, 0.25) is 0 Å². The molecule has 1 unspecified atom stereocenters. The van der Waals surface area contributed by atoms with Crippen LogP contribution in [0.3, 0.4) is 0 Å². The van der Waals surface area contributed by atoms with Crippen molar-refractivity contribution in [3.63, 3.8) is 0 Å². The summed E-state index contributed by atoms with van der Waals surface area (Å²) in [4.78, 5) is 0.394. The van der Waals surface area contributed by atoms with Gasteiger partial charge in [-0.15, -0.1) is 0 Å². The van der Waals surface area contributed by atoms with Crippen molar-refractivity contribution in [2.24, 2.45) is 5.73 Å². The van der Waals surface area contributed by atoms with E-state index in [9.17, 15) is 8.42 Å². The van der Waals surface area contributed by atoms with Gasteiger partial charge in [0, 0.05) is 11.6 Å². The Morgan fingerprint density at radius 3 is 2.63 bits per heavy atom. The molecule has 4 nitrogen and oxygen atoms in total. The van der Waals surface area contributed by atoms with E-state index in [1.807, 2.05) is 13.8 Å². The van der Waals surface area contributed by atoms with E-state index in [1.165, 1.54) is 6.07 Å². The summed E-state index contributed by atoms with van der Waals surface area (Å²) >= 11 is 4.86. The fourth-order valence-corrected chi connectivity index (χ4v) is 3.33. The molecular formula is C13H20N2O2S2. The first-order valence-corrected chi connectivity index (χ1v) is 8.22. The molecule has 0 saturated heterocycles. The van der Waals surface area contributed by atoms with Gasteiger partial charge in [0.05, 0.1) is 4.90 Å². The quantitative estimate of drug-likeness (QED) is 0.757. The highest BCUT2D eigenvalue weighted by Gasteiger charge is 2.18. The molecule has 19 heavy (non-hydrogen) atoms. The predicted molar refractivity (Wildman–Crippen MR) is 81.6 cm³/mol. The van der Waals surface area contributed by atoms with Gasteiger partial charge >= 0.3 is 0 Å². The van der Waals surface area contributed by atoms with Crippen LogP contribution in [0.15, 0.2) is 29.2 Å². The number of hydrogen-bond donors (Lipinski definition) is 2. The second-order valence-corrected chi connectivity index (χ2v) is 6.56. The minimum atomic E-state index is -3.51. The Morgan fingerprint density at radius 1 is 1.42 bits per heavy atom. The molecule has 0 bridgehead atoms. The van der Waals surface area contributed by atoms with E-state index in [0.29, 0.717) is 5.56 Å². The third-order valence-corrected chi connectivity index (χ3v) is 4.63. The van der Waals surface area contributed by atoms with E-state index in [-0.39, 0.29) is 15.9 Å². The normalized spacial score (nSPS) is 13.2. The molecule has 0 amide bonds. The van der Waals surface area contributed by atoms with Crippen LogP contribution in [0, 0.1) is 0 Å². The molecule has 3 N–H and O–H groups in total. The van der Waals surface area contributed by atoms with Crippen molar-refractivity contribution in [2.75, 3.05) is 0 Å². The average molecular weight is 300 g/mol. The second kappa shape index (κ2) is 6.98. The van der Waals surface area contributed by atoms with Crippen LogP contribution in [0.25, 0.3) is 0 Å². The highest BCUT2D eigenvalue weighted by molar-refractivity contribution is 7.89. The SMILES string of the molecule is CCCC(CC)NS(=O)(=O)c1cccc(C(N)=S)c1. The maximum atomic E-state index is 12.3. The summed E-state index contributed by atoms with van der Waals surface area (Å²) in [5.41, 5.74) is 6.07. The Balaban J connectivity index is 2.99. The highest BCUT2D eigenvalue weighted by Crippen LogP contribution is 2.14. The van der Waals surface area contributed by atoms with Crippen LogP contribution in [-0.4, -0.2) is 19.4 Å². The van der Waals surface area contributed by atoms with E-state index in [4.69, 9.17) is 18.0 Å². The van der Waals surface area contributed by atoms with E-state index in [0.717, 1.165) is 19.3 Å². The van der Waals surface area contributed by atoms with Crippen LogP contribution in [0.4, 0.5) is 0 Å². The molecule has 1 atom stereocenters. The molecule has 1 aromatic carbocycles. The monoisotopic (exact) mass is 300 g/mol. The summed E-state index contributed by atoms with van der Waals surface area (Å²) in [5.74, 6) is 0. The molecule has 0 spiro atoms. The van der Waals surface area contributed by atoms with Gasteiger partial charge in [-0.2, -0.15) is 0 Å². The summed E-state index contributed by atoms with van der Waals surface area (Å²) in [7, 11) is -3.51. The number of thiocarbonyl (C=S) groups is 1. The standard InChI is InChI=1S/C13H20N2O2S2/c1-3-6-11(4-2)15-19(16,17)12-8-5-7-10(9-12)13(14)18/h5,7-9,11,15H,3-4,6H2,1-2H3,(H2,14,18). The first kappa shape index (κ1) is 16.1. The van der Waals surface area contributed by atoms with Crippen LogP contribution < -0.4 is 10.5 Å². The van der Waals surface area contributed by atoms with Gasteiger partial charge < -0.3 is 5.73 Å². The van der Waals surface area contributed by atoms with Crippen LogP contribution in [0.5, 0.6) is 0 Å². The van der Waals surface area contributed by atoms with Crippen molar-refractivity contribution in [3.05, 3.63) is 29.8 Å². The van der Waals surface area contributed by atoms with E-state index in [1.54, 1.807) is 18.2 Å². The molecule has 1 rings (SSSR count). The lowest BCUT2D eigenvalue weighted by Gasteiger charge is -2.16. The van der Waals surface area contributed by atoms with Crippen molar-refractivity contribution < 1.29 is 8.42 Å². The van der Waals surface area contributed by atoms with Gasteiger partial charge in [-0.3, -0.25) is 0 Å². The van der Waals surface area contributed by atoms with Crippen molar-refractivity contribution in [1.82, 2.24) is 4.72 Å². The van der Waals surface area contributed by atoms with Crippen molar-refractivity contribution in [2.45, 2.75) is 44.0 Å². The Kier molecular flexibility index (Phi) is 5.90. The van der Waals surface area contributed by atoms with E-state index >= 15 is 0 Å². The van der Waals surface area contributed by atoms with Crippen molar-refractivity contribution in [3.8, 4) is 0 Å². The number of nitrogens with one attached hydrogen (secondary N) is 1. The Hall–Kier alpha value is -0.980. The predicted octanol–water partition coefficient (Wildman–Crippen LogP) is 2.18. The zero-order chi connectivity index (χ0) is 14.5. The van der Waals surface area contributed by atoms with E-state index in [2.05, 4.69) is 4.72 Å². The summed E-state index contributed by atoms with van der Waals surface area (Å²) in [6.45, 7) is 4.00. The molecule has 0 heterocycles. The molecule has 0 fully saturated rings. The summed E-state index contributed by atoms with van der Waals surface area (Å²) in [5, 5.41) is 0. The minimum absolute atomic E-state index is 0.0384. The molecule has 0 aliphatic heterocycles. The van der Waals surface area contributed by atoms with Gasteiger partial charge in [0.25, 0.3) is 0 Å². The van der Waals surface area contributed by atoms with Crippen LogP contribution in [-0.2, 0) is 10.0 Å². The number of hydrogen-bond acceptors (Lipinski definition) is 3. The highest BCUT2D eigenvalue weighted by atomic mass is 32.2. The number of sulfonamides is 1. The smallest absolute Gasteiger partial charge is 0.240 e. The number of benzene rings is 1. The summed E-state index contributed by atoms with van der Waals surface area (Å²) in [6.07, 6.45) is 2.53. The molecule has 0 aromatic heterocycles. The fourth-order valence-electron chi connectivity index (χ4n) is 1.80. The summed E-state index contributed by atoms with van der Waals surface area (Å²) < 4.78 is 27.2. The minimum Gasteiger partial charge on any atom is -0.389 e. The van der Waals surface area contributed by atoms with Gasteiger partial charge in [-0.25, -0.2) is 13.1 Å². The molecule has 0 saturated carbocycles. The fraction of sp³-hybridized carbons (Fsp3) is 0.462. The zero-order valence-corrected chi connectivity index (χ0v) is 12.9. The molecule has 106 valence electrons. The van der Waals surface area contributed by atoms with Gasteiger partial charge in [-0.1, -0.05) is 44.6 Å². The van der Waals surface area contributed by atoms with Gasteiger partial charge in [0.1, 0.15) is 4.99 Å². The molecule has 6 heteroatoms. The number of rotatable bonds is 7. The van der Waals surface area contributed by atoms with Gasteiger partial charge in [-0.05, 0) is 25.0 Å². The average Bonchev–Trinajstić information content (AvgIpc) is 2.38. The molecule has 0 radical (unpaired) electrons.